The second-order valence-corrected chi connectivity index (χ2v) is 20.3. The molecule has 0 aromatic rings. The summed E-state index contributed by atoms with van der Waals surface area (Å²) < 4.78 is 49.9. The van der Waals surface area contributed by atoms with Gasteiger partial charge in [-0.3, -0.25) is 0 Å². The molecule has 0 amide bonds. The average molecular weight is 405 g/mol. The van der Waals surface area contributed by atoms with E-state index in [1.165, 1.54) is 0 Å². The van der Waals surface area contributed by atoms with Gasteiger partial charge in [0.2, 0.25) is 0 Å². The topological polar surface area (TPSA) is 129 Å². The van der Waals surface area contributed by atoms with Crippen molar-refractivity contribution in [3.05, 3.63) is 0 Å². The molecule has 15 heavy (non-hydrogen) atoms. The zero-order chi connectivity index (χ0) is 11.3. The fourth-order valence-corrected chi connectivity index (χ4v) is 34.4. The molecule has 2 N–H and O–H groups in total. The molecule has 0 aromatic carbocycles. The van der Waals surface area contributed by atoms with Crippen molar-refractivity contribution in [2.45, 2.75) is 4.10 Å². The summed E-state index contributed by atoms with van der Waals surface area (Å²) in [6.07, 6.45) is 0. The van der Waals surface area contributed by atoms with E-state index >= 15 is 0 Å². The van der Waals surface area contributed by atoms with Crippen LogP contribution >= 0.6 is 34.4 Å². The molecule has 6 rings (SSSR count). The fraction of sp³-hybridized carbons (Fsp3) is 1.00. The predicted octanol–water partition coefficient (Wildman–Crippen LogP) is 0.943. The van der Waals surface area contributed by atoms with Gasteiger partial charge in [-0.15, -0.1) is 0 Å². The first kappa shape index (κ1) is 11.6. The Morgan fingerprint density at radius 3 is 1.67 bits per heavy atom. The van der Waals surface area contributed by atoms with Gasteiger partial charge in [0, 0.05) is 0 Å². The van der Waals surface area contributed by atoms with Gasteiger partial charge in [-0.05, 0) is 0 Å². The first-order valence-corrected chi connectivity index (χ1v) is 13.1. The summed E-state index contributed by atoms with van der Waals surface area (Å²) in [6, 6.07) is 0. The van der Waals surface area contributed by atoms with Gasteiger partial charge in [0.05, 0.1) is 0 Å². The van der Waals surface area contributed by atoms with Crippen LogP contribution in [-0.4, -0.2) is 33.9 Å². The van der Waals surface area contributed by atoms with Gasteiger partial charge in [0.25, 0.3) is 0 Å². The maximum atomic E-state index is 11.7. The molecule has 6 saturated heterocycles. The van der Waals surface area contributed by atoms with Gasteiger partial charge in [-0.1, -0.05) is 0 Å². The van der Waals surface area contributed by atoms with E-state index in [0.29, 0.717) is 0 Å². The van der Waals surface area contributed by atoms with Crippen LogP contribution in [0.15, 0.2) is 0 Å². The minimum absolute atomic E-state index is 3.05. The molecule has 0 atom stereocenters. The third-order valence-electron chi connectivity index (χ3n) is 2.00. The van der Waals surface area contributed by atoms with Gasteiger partial charge in [0.1, 0.15) is 0 Å². The van der Waals surface area contributed by atoms with Crippen LogP contribution in [0.1, 0.15) is 0 Å². The van der Waals surface area contributed by atoms with Crippen molar-refractivity contribution in [2.75, 3.05) is 0 Å². The number of hydrogen-bond acceptors (Lipinski definition) is 7. The minimum atomic E-state index is -5.25. The molecule has 6 fully saturated rings. The van der Waals surface area contributed by atoms with Gasteiger partial charge < -0.3 is 0 Å². The molecule has 0 saturated carbocycles. The molecule has 6 heterocycles. The SMILES string of the molecule is O=P(O)(O)C1(Cl)P2(=O)[O][Sn]3([O]2)[O]P1(=O)[O]3. The van der Waals surface area contributed by atoms with E-state index in [1.807, 2.05) is 0 Å². The molecule has 0 radical (unpaired) electrons. The van der Waals surface area contributed by atoms with Crippen LogP contribution in [0.2, 0.25) is 0 Å². The second-order valence-electron chi connectivity index (χ2n) is 2.96. The van der Waals surface area contributed by atoms with E-state index in [9.17, 15) is 13.7 Å². The molecule has 6 aliphatic heterocycles. The standard InChI is InChI=1S/CH6ClO9P3.Sn/c2-1(12(3,4)5,13(6,7)8)14(9,10)11;/h(H2,3,4,5)(H2,6,7,8)(H2,9,10,11);/q;+4/p-4. The monoisotopic (exact) mass is 406 g/mol. The molecule has 9 nitrogen and oxygen atoms in total. The Labute approximate surface area is 93.3 Å². The van der Waals surface area contributed by atoms with Crippen LogP contribution in [0.4, 0.5) is 0 Å². The molecular weight excluding hydrogens is 403 g/mol. The molecule has 0 aromatic heterocycles. The Morgan fingerprint density at radius 1 is 1.13 bits per heavy atom. The van der Waals surface area contributed by atoms with Crippen molar-refractivity contribution in [3.8, 4) is 0 Å². The first-order chi connectivity index (χ1) is 6.58. The number of halogens is 1. The van der Waals surface area contributed by atoms with Crippen molar-refractivity contribution in [2.24, 2.45) is 0 Å². The zero-order valence-electron chi connectivity index (χ0n) is 6.47. The molecule has 14 heteroatoms. The van der Waals surface area contributed by atoms with E-state index in [-0.39, 0.29) is 0 Å². The molecule has 0 unspecified atom stereocenters. The Balaban J connectivity index is 2.26. The summed E-state index contributed by atoms with van der Waals surface area (Å²) in [5.74, 6) is 0. The maximum absolute atomic E-state index is 11.7. The Hall–Kier alpha value is 1.54. The van der Waals surface area contributed by atoms with Crippen LogP contribution in [0.25, 0.3) is 0 Å². The van der Waals surface area contributed by atoms with Crippen molar-refractivity contribution >= 4 is 54.4 Å². The van der Waals surface area contributed by atoms with Crippen LogP contribution in [0.5, 0.6) is 0 Å². The summed E-state index contributed by atoms with van der Waals surface area (Å²) >= 11 is 1.15. The molecule has 86 valence electrons. The Kier molecular flexibility index (Phi) is 2.01. The summed E-state index contributed by atoms with van der Waals surface area (Å²) in [4.78, 5) is 17.9. The van der Waals surface area contributed by atoms with E-state index in [0.717, 1.165) is 0 Å². The van der Waals surface area contributed by atoms with Gasteiger partial charge in [-0.2, -0.15) is 0 Å². The van der Waals surface area contributed by atoms with Crippen molar-refractivity contribution in [3.63, 3.8) is 0 Å². The number of hydrogen-bond donors (Lipinski definition) is 2. The zero-order valence-corrected chi connectivity index (χ0v) is 12.8. The average Bonchev–Trinajstić information content (AvgIpc) is 1.90. The number of rotatable bonds is 1. The first-order valence-electron chi connectivity index (χ1n) is 3.35. The molecule has 6 aliphatic rings. The molecular formula is CH2ClO9P3Sn. The van der Waals surface area contributed by atoms with E-state index in [1.54, 1.807) is 0 Å². The van der Waals surface area contributed by atoms with Crippen LogP contribution in [-0.2, 0) is 25.1 Å². The summed E-state index contributed by atoms with van der Waals surface area (Å²) in [7, 11) is -13.8. The van der Waals surface area contributed by atoms with E-state index in [2.05, 4.69) is 11.4 Å². The normalized spacial score (nSPS) is 61.8. The van der Waals surface area contributed by atoms with Crippen LogP contribution in [0.3, 0.4) is 0 Å². The van der Waals surface area contributed by atoms with Gasteiger partial charge in [0.15, 0.2) is 0 Å². The van der Waals surface area contributed by atoms with E-state index in [4.69, 9.17) is 21.4 Å². The summed E-state index contributed by atoms with van der Waals surface area (Å²) in [5.41, 5.74) is 0. The third kappa shape index (κ3) is 1.03. The van der Waals surface area contributed by atoms with Gasteiger partial charge in [-0.25, -0.2) is 0 Å². The van der Waals surface area contributed by atoms with Crippen LogP contribution < -0.4 is 0 Å². The summed E-state index contributed by atoms with van der Waals surface area (Å²) in [6.45, 7) is 0. The molecule has 3 bridgehead atoms. The van der Waals surface area contributed by atoms with Crippen molar-refractivity contribution < 1.29 is 34.9 Å². The predicted molar refractivity (Wildman–Crippen MR) is 45.9 cm³/mol. The van der Waals surface area contributed by atoms with Gasteiger partial charge >= 0.3 is 93.4 Å². The summed E-state index contributed by atoms with van der Waals surface area (Å²) in [5, 5.41) is 0. The van der Waals surface area contributed by atoms with E-state index < -0.39 is 46.9 Å². The second kappa shape index (κ2) is 2.60. The van der Waals surface area contributed by atoms with Crippen molar-refractivity contribution in [1.82, 2.24) is 0 Å². The number of alkyl halides is 1. The van der Waals surface area contributed by atoms with Crippen LogP contribution in [0, 0.1) is 0 Å². The molecule has 0 aliphatic carbocycles. The molecule has 1 spiro atoms. The fourth-order valence-electron chi connectivity index (χ4n) is 1.37. The Bertz CT molecular complexity index is 450. The Morgan fingerprint density at radius 2 is 1.47 bits per heavy atom. The van der Waals surface area contributed by atoms with Crippen molar-refractivity contribution in [1.29, 1.82) is 0 Å². The third-order valence-corrected chi connectivity index (χ3v) is 28.3. The quantitative estimate of drug-likeness (QED) is 0.372.